The number of fused-ring (bicyclic) bond motifs is 1. The summed E-state index contributed by atoms with van der Waals surface area (Å²) in [4.78, 5) is 14.7. The van der Waals surface area contributed by atoms with Crippen molar-refractivity contribution < 1.29 is 14.3 Å². The van der Waals surface area contributed by atoms with Crippen LogP contribution in [0.1, 0.15) is 35.2 Å². The second-order valence-electron chi connectivity index (χ2n) is 8.80. The van der Waals surface area contributed by atoms with E-state index in [1.54, 1.807) is 0 Å². The number of hydrogen-bond acceptors (Lipinski definition) is 6. The second kappa shape index (κ2) is 10.9. The van der Waals surface area contributed by atoms with Crippen LogP contribution in [0.25, 0.3) is 0 Å². The van der Waals surface area contributed by atoms with Crippen LogP contribution in [-0.2, 0) is 16.1 Å². The summed E-state index contributed by atoms with van der Waals surface area (Å²) in [5, 5.41) is 3.15. The first-order valence-electron chi connectivity index (χ1n) is 11.4. The minimum absolute atomic E-state index is 0.0517. The molecule has 32 heavy (non-hydrogen) atoms. The average Bonchev–Trinajstić information content (AvgIpc) is 3.21. The number of anilines is 1. The van der Waals surface area contributed by atoms with Crippen molar-refractivity contribution in [3.63, 3.8) is 0 Å². The largest absolute Gasteiger partial charge is 0.378 e. The summed E-state index contributed by atoms with van der Waals surface area (Å²) in [6, 6.07) is 18.1. The van der Waals surface area contributed by atoms with Crippen LogP contribution in [0.15, 0.2) is 54.6 Å². The topological polar surface area (TPSA) is 74.9 Å². The lowest BCUT2D eigenvalue weighted by atomic mass is 9.82. The fourth-order valence-corrected chi connectivity index (χ4v) is 4.49. The van der Waals surface area contributed by atoms with Gasteiger partial charge in [0, 0.05) is 37.3 Å². The van der Waals surface area contributed by atoms with E-state index in [4.69, 9.17) is 9.47 Å². The Kier molecular flexibility index (Phi) is 7.76. The number of carbonyl (C=O) groups excluding carboxylic acids is 1. The summed E-state index contributed by atoms with van der Waals surface area (Å²) in [6.07, 6.45) is 3.08. The lowest BCUT2D eigenvalue weighted by Crippen LogP contribution is -2.47. The Morgan fingerprint density at radius 2 is 1.81 bits per heavy atom. The smallest absolute Gasteiger partial charge is 0.252 e. The van der Waals surface area contributed by atoms with Crippen molar-refractivity contribution in [3.8, 4) is 0 Å². The van der Waals surface area contributed by atoms with Gasteiger partial charge in [-0.2, -0.15) is 0 Å². The van der Waals surface area contributed by atoms with E-state index in [9.17, 15) is 4.79 Å². The molecule has 2 aromatic carbocycles. The highest BCUT2D eigenvalue weighted by Gasteiger charge is 2.41. The first kappa shape index (κ1) is 22.7. The number of nitrogens with zero attached hydrogens (tertiary/aromatic N) is 1. The highest BCUT2D eigenvalue weighted by Crippen LogP contribution is 2.31. The maximum Gasteiger partial charge on any atom is 0.252 e. The molecule has 4 unspecified atom stereocenters. The molecule has 4 rings (SSSR count). The van der Waals surface area contributed by atoms with Gasteiger partial charge in [0.25, 0.3) is 5.91 Å². The van der Waals surface area contributed by atoms with Crippen molar-refractivity contribution in [2.45, 2.75) is 44.2 Å². The van der Waals surface area contributed by atoms with Crippen LogP contribution in [0.2, 0.25) is 0 Å². The molecule has 2 aromatic rings. The Bertz CT molecular complexity index is 859. The summed E-state index contributed by atoms with van der Waals surface area (Å²) in [6.45, 7) is 1.81. The van der Waals surface area contributed by atoms with Crippen molar-refractivity contribution >= 4 is 11.6 Å². The molecular formula is C25H34N4O3. The van der Waals surface area contributed by atoms with Crippen molar-refractivity contribution in [2.24, 2.45) is 5.92 Å². The summed E-state index contributed by atoms with van der Waals surface area (Å²) in [7, 11) is 3.97. The molecule has 1 amide bonds. The molecule has 2 fully saturated rings. The number of nitrogens with one attached hydrogen (secondary N) is 3. The van der Waals surface area contributed by atoms with Gasteiger partial charge in [0.05, 0.1) is 32.1 Å². The zero-order valence-corrected chi connectivity index (χ0v) is 18.9. The predicted molar refractivity (Wildman–Crippen MR) is 125 cm³/mol. The predicted octanol–water partition coefficient (Wildman–Crippen LogP) is 2.69. The SMILES string of the molecule is CN(C)c1ccc(C(=O)NC2NNC3CC(OCCOCc4ccccc4)CCC32)cc1. The van der Waals surface area contributed by atoms with Gasteiger partial charge in [-0.1, -0.05) is 30.3 Å². The van der Waals surface area contributed by atoms with Gasteiger partial charge in [0.2, 0.25) is 0 Å². The van der Waals surface area contributed by atoms with E-state index in [2.05, 4.69) is 28.3 Å². The van der Waals surface area contributed by atoms with Gasteiger partial charge in [0.1, 0.15) is 0 Å². The molecule has 3 N–H and O–H groups in total. The maximum atomic E-state index is 12.7. The molecule has 0 aromatic heterocycles. The van der Waals surface area contributed by atoms with Gasteiger partial charge < -0.3 is 19.7 Å². The average molecular weight is 439 g/mol. The number of ether oxygens (including phenoxy) is 2. The molecule has 1 aliphatic heterocycles. The third-order valence-electron chi connectivity index (χ3n) is 6.33. The lowest BCUT2D eigenvalue weighted by molar-refractivity contribution is -0.0239. The Balaban J connectivity index is 1.17. The Morgan fingerprint density at radius 3 is 2.56 bits per heavy atom. The van der Waals surface area contributed by atoms with E-state index in [0.717, 1.165) is 24.9 Å². The first-order chi connectivity index (χ1) is 15.6. The minimum Gasteiger partial charge on any atom is -0.378 e. The number of amides is 1. The third-order valence-corrected chi connectivity index (χ3v) is 6.33. The van der Waals surface area contributed by atoms with Crippen molar-refractivity contribution in [1.82, 2.24) is 16.2 Å². The standard InChI is InChI=1S/C25H34N4O3/c1-29(2)20-10-8-19(9-11-20)25(30)26-24-22-13-12-21(16-23(22)27-28-24)32-15-14-31-17-18-6-4-3-5-7-18/h3-11,21-24,27-28H,12-17H2,1-2H3,(H,26,30). The molecule has 7 heteroatoms. The Hall–Kier alpha value is -2.45. The van der Waals surface area contributed by atoms with E-state index in [0.29, 0.717) is 37.3 Å². The van der Waals surface area contributed by atoms with Crippen molar-refractivity contribution in [1.29, 1.82) is 0 Å². The second-order valence-corrected chi connectivity index (χ2v) is 8.80. The molecule has 1 heterocycles. The van der Waals surface area contributed by atoms with Crippen molar-refractivity contribution in [3.05, 3.63) is 65.7 Å². The maximum absolute atomic E-state index is 12.7. The molecule has 0 bridgehead atoms. The van der Waals surface area contributed by atoms with Crippen LogP contribution in [0.5, 0.6) is 0 Å². The fourth-order valence-electron chi connectivity index (χ4n) is 4.49. The number of benzene rings is 2. The quantitative estimate of drug-likeness (QED) is 0.523. The number of hydrogen-bond donors (Lipinski definition) is 3. The number of carbonyl (C=O) groups is 1. The van der Waals surface area contributed by atoms with E-state index in [1.165, 1.54) is 5.56 Å². The van der Waals surface area contributed by atoms with Crippen LogP contribution in [0.4, 0.5) is 5.69 Å². The zero-order chi connectivity index (χ0) is 22.3. The van der Waals surface area contributed by atoms with Gasteiger partial charge in [-0.05, 0) is 49.1 Å². The number of rotatable bonds is 9. The van der Waals surface area contributed by atoms with Crippen LogP contribution in [0, 0.1) is 5.92 Å². The molecule has 172 valence electrons. The van der Waals surface area contributed by atoms with Crippen LogP contribution < -0.4 is 21.1 Å². The van der Waals surface area contributed by atoms with Crippen LogP contribution in [-0.4, -0.2) is 51.5 Å². The Labute approximate surface area is 190 Å². The van der Waals surface area contributed by atoms with Gasteiger partial charge in [-0.25, -0.2) is 5.43 Å². The van der Waals surface area contributed by atoms with Crippen LogP contribution >= 0.6 is 0 Å². The lowest BCUT2D eigenvalue weighted by Gasteiger charge is -2.32. The van der Waals surface area contributed by atoms with Gasteiger partial charge in [-0.15, -0.1) is 0 Å². The summed E-state index contributed by atoms with van der Waals surface area (Å²) in [5.74, 6) is 0.304. The highest BCUT2D eigenvalue weighted by molar-refractivity contribution is 5.94. The number of hydrazine groups is 1. The highest BCUT2D eigenvalue weighted by atomic mass is 16.5. The molecule has 4 atom stereocenters. The molecule has 1 saturated heterocycles. The Morgan fingerprint density at radius 1 is 1.03 bits per heavy atom. The monoisotopic (exact) mass is 438 g/mol. The molecule has 2 aliphatic rings. The van der Waals surface area contributed by atoms with E-state index >= 15 is 0 Å². The van der Waals surface area contributed by atoms with Crippen LogP contribution in [0.3, 0.4) is 0 Å². The van der Waals surface area contributed by atoms with Gasteiger partial charge >= 0.3 is 0 Å². The molecule has 0 spiro atoms. The summed E-state index contributed by atoms with van der Waals surface area (Å²) in [5.41, 5.74) is 9.56. The molecular weight excluding hydrogens is 404 g/mol. The third kappa shape index (κ3) is 5.86. The summed E-state index contributed by atoms with van der Waals surface area (Å²) >= 11 is 0. The first-order valence-corrected chi connectivity index (χ1v) is 11.4. The summed E-state index contributed by atoms with van der Waals surface area (Å²) < 4.78 is 11.8. The van der Waals surface area contributed by atoms with E-state index in [-0.39, 0.29) is 18.2 Å². The van der Waals surface area contributed by atoms with E-state index in [1.807, 2.05) is 61.5 Å². The molecule has 1 aliphatic carbocycles. The minimum atomic E-state index is -0.0730. The molecule has 1 saturated carbocycles. The van der Waals surface area contributed by atoms with Gasteiger partial charge in [0.15, 0.2) is 0 Å². The van der Waals surface area contributed by atoms with Gasteiger partial charge in [-0.3, -0.25) is 10.2 Å². The van der Waals surface area contributed by atoms with E-state index < -0.39 is 0 Å². The zero-order valence-electron chi connectivity index (χ0n) is 18.9. The molecule has 7 nitrogen and oxygen atoms in total. The normalized spacial score (nSPS) is 24.7. The molecule has 0 radical (unpaired) electrons. The van der Waals surface area contributed by atoms with Crippen molar-refractivity contribution in [2.75, 3.05) is 32.2 Å². The fraction of sp³-hybridized carbons (Fsp3) is 0.480.